The van der Waals surface area contributed by atoms with Gasteiger partial charge in [0.15, 0.2) is 11.5 Å². The Morgan fingerprint density at radius 3 is 2.52 bits per heavy atom. The van der Waals surface area contributed by atoms with Gasteiger partial charge in [-0.25, -0.2) is 0 Å². The number of anilines is 1. The predicted octanol–water partition coefficient (Wildman–Crippen LogP) is 2.52. The molecule has 0 radical (unpaired) electrons. The number of hydrogen-bond acceptors (Lipinski definition) is 5. The van der Waals surface area contributed by atoms with Gasteiger partial charge in [-0.15, -0.1) is 0 Å². The highest BCUT2D eigenvalue weighted by Crippen LogP contribution is 2.32. The van der Waals surface area contributed by atoms with Crippen LogP contribution in [0.25, 0.3) is 0 Å². The number of benzene rings is 2. The van der Waals surface area contributed by atoms with Gasteiger partial charge in [0.2, 0.25) is 0 Å². The molecule has 2 aromatic rings. The van der Waals surface area contributed by atoms with Crippen molar-refractivity contribution in [2.75, 3.05) is 26.0 Å². The van der Waals surface area contributed by atoms with E-state index in [-0.39, 0.29) is 23.0 Å². The zero-order chi connectivity index (χ0) is 19.4. The van der Waals surface area contributed by atoms with E-state index >= 15 is 0 Å². The van der Waals surface area contributed by atoms with Crippen LogP contribution in [0.2, 0.25) is 0 Å². The molecule has 140 valence electrons. The van der Waals surface area contributed by atoms with Crippen LogP contribution < -0.4 is 10.6 Å². The van der Waals surface area contributed by atoms with Crippen LogP contribution in [0.15, 0.2) is 59.9 Å². The third-order valence-corrected chi connectivity index (χ3v) is 4.45. The molecule has 0 fully saturated rings. The minimum atomic E-state index is -0.300. The number of Topliss-reactive ketones (excluding diaryl/α,β-unsaturated/α-hetero) is 1. The molecular weight excluding hydrogens is 342 g/mol. The number of phenols is 1. The lowest BCUT2D eigenvalue weighted by Crippen LogP contribution is -2.33. The first-order valence-electron chi connectivity index (χ1n) is 8.82. The van der Waals surface area contributed by atoms with E-state index < -0.39 is 0 Å². The van der Waals surface area contributed by atoms with Crippen LogP contribution in [0.3, 0.4) is 0 Å². The Bertz CT molecular complexity index is 889. The maximum absolute atomic E-state index is 12.1. The molecule has 0 saturated heterocycles. The second kappa shape index (κ2) is 7.95. The van der Waals surface area contributed by atoms with Crippen LogP contribution >= 0.6 is 0 Å². The number of ketones is 1. The standard InChI is InChI=1S/C21H23N3O3/c1-24(2)21(27)15-9-6-10-16(20(15)26)23-19-17(13-18(19)25)22-12-11-14-7-4-3-5-8-14/h3-10,22-23,26H,11-13H2,1-2H3. The Hall–Kier alpha value is -3.28. The van der Waals surface area contributed by atoms with Crippen molar-refractivity contribution in [1.29, 1.82) is 0 Å². The summed E-state index contributed by atoms with van der Waals surface area (Å²) in [6, 6.07) is 15.0. The van der Waals surface area contributed by atoms with Crippen LogP contribution in [0.1, 0.15) is 22.3 Å². The van der Waals surface area contributed by atoms with E-state index in [9.17, 15) is 14.7 Å². The third-order valence-electron chi connectivity index (χ3n) is 4.45. The zero-order valence-electron chi connectivity index (χ0n) is 15.5. The summed E-state index contributed by atoms with van der Waals surface area (Å²) in [7, 11) is 3.24. The van der Waals surface area contributed by atoms with Crippen molar-refractivity contribution in [3.8, 4) is 5.75 Å². The summed E-state index contributed by atoms with van der Waals surface area (Å²) in [5, 5.41) is 16.7. The maximum Gasteiger partial charge on any atom is 0.257 e. The van der Waals surface area contributed by atoms with E-state index in [0.29, 0.717) is 24.4 Å². The fourth-order valence-corrected chi connectivity index (χ4v) is 2.89. The summed E-state index contributed by atoms with van der Waals surface area (Å²) in [6.07, 6.45) is 1.19. The summed E-state index contributed by atoms with van der Waals surface area (Å²) in [5.74, 6) is -0.487. The molecule has 3 rings (SSSR count). The number of allylic oxidation sites excluding steroid dienone is 2. The molecule has 27 heavy (non-hydrogen) atoms. The summed E-state index contributed by atoms with van der Waals surface area (Å²) in [4.78, 5) is 25.5. The van der Waals surface area contributed by atoms with Crippen LogP contribution in [0, 0.1) is 0 Å². The second-order valence-electron chi connectivity index (χ2n) is 6.64. The molecule has 3 N–H and O–H groups in total. The topological polar surface area (TPSA) is 81.7 Å². The lowest BCUT2D eigenvalue weighted by Gasteiger charge is -2.25. The molecule has 0 unspecified atom stereocenters. The monoisotopic (exact) mass is 365 g/mol. The number of rotatable bonds is 7. The van der Waals surface area contributed by atoms with Crippen molar-refractivity contribution < 1.29 is 14.7 Å². The zero-order valence-corrected chi connectivity index (χ0v) is 15.5. The van der Waals surface area contributed by atoms with Crippen molar-refractivity contribution in [2.24, 2.45) is 0 Å². The number of para-hydroxylation sites is 1. The molecule has 0 heterocycles. The van der Waals surface area contributed by atoms with Crippen molar-refractivity contribution in [2.45, 2.75) is 12.8 Å². The molecule has 0 spiro atoms. The Morgan fingerprint density at radius 2 is 1.85 bits per heavy atom. The van der Waals surface area contributed by atoms with Gasteiger partial charge in [-0.05, 0) is 24.1 Å². The number of aromatic hydroxyl groups is 1. The van der Waals surface area contributed by atoms with Crippen molar-refractivity contribution in [1.82, 2.24) is 10.2 Å². The minimum absolute atomic E-state index is 0.0269. The van der Waals surface area contributed by atoms with Crippen LogP contribution in [-0.4, -0.2) is 42.3 Å². The van der Waals surface area contributed by atoms with Crippen LogP contribution in [-0.2, 0) is 11.2 Å². The summed E-state index contributed by atoms with van der Waals surface area (Å²) in [5.41, 5.74) is 3.01. The smallest absolute Gasteiger partial charge is 0.257 e. The quantitative estimate of drug-likeness (QED) is 0.657. The molecular formula is C21H23N3O3. The van der Waals surface area contributed by atoms with Crippen molar-refractivity contribution in [3.05, 3.63) is 71.1 Å². The van der Waals surface area contributed by atoms with E-state index in [1.165, 1.54) is 10.5 Å². The average Bonchev–Trinajstić information content (AvgIpc) is 2.66. The second-order valence-corrected chi connectivity index (χ2v) is 6.64. The van der Waals surface area contributed by atoms with Gasteiger partial charge in [0.1, 0.15) is 5.70 Å². The first-order valence-corrected chi connectivity index (χ1v) is 8.82. The van der Waals surface area contributed by atoms with E-state index in [0.717, 1.165) is 12.1 Å². The first-order chi connectivity index (χ1) is 13.0. The fraction of sp³-hybridized carbons (Fsp3) is 0.238. The van der Waals surface area contributed by atoms with Gasteiger partial charge < -0.3 is 20.6 Å². The lowest BCUT2D eigenvalue weighted by molar-refractivity contribution is -0.116. The Morgan fingerprint density at radius 1 is 1.11 bits per heavy atom. The van der Waals surface area contributed by atoms with Crippen LogP contribution in [0.4, 0.5) is 5.69 Å². The van der Waals surface area contributed by atoms with E-state index in [2.05, 4.69) is 22.8 Å². The minimum Gasteiger partial charge on any atom is -0.505 e. The molecule has 1 amide bonds. The molecule has 0 bridgehead atoms. The summed E-state index contributed by atoms with van der Waals surface area (Å²) in [6.45, 7) is 0.711. The SMILES string of the molecule is CN(C)C(=O)c1cccc(NC2=C(NCCc3ccccc3)CC2=O)c1O. The molecule has 1 aliphatic carbocycles. The number of phenolic OH excluding ortho intramolecular Hbond substituents is 1. The van der Waals surface area contributed by atoms with Gasteiger partial charge >= 0.3 is 0 Å². The molecule has 0 aliphatic heterocycles. The molecule has 1 aliphatic rings. The fourth-order valence-electron chi connectivity index (χ4n) is 2.89. The Kier molecular flexibility index (Phi) is 5.45. The number of carbonyl (C=O) groups is 2. The maximum atomic E-state index is 12.1. The number of hydrogen-bond donors (Lipinski definition) is 3. The third kappa shape index (κ3) is 4.11. The summed E-state index contributed by atoms with van der Waals surface area (Å²) >= 11 is 0. The van der Waals surface area contributed by atoms with E-state index in [1.54, 1.807) is 32.3 Å². The van der Waals surface area contributed by atoms with Gasteiger partial charge in [-0.3, -0.25) is 9.59 Å². The summed E-state index contributed by atoms with van der Waals surface area (Å²) < 4.78 is 0. The Labute approximate surface area is 158 Å². The van der Waals surface area contributed by atoms with E-state index in [4.69, 9.17) is 0 Å². The molecule has 0 aromatic heterocycles. The number of carbonyl (C=O) groups excluding carboxylic acids is 2. The van der Waals surface area contributed by atoms with Gasteiger partial charge in [-0.2, -0.15) is 0 Å². The highest BCUT2D eigenvalue weighted by atomic mass is 16.3. The molecule has 6 heteroatoms. The molecule has 2 aromatic carbocycles. The molecule has 0 atom stereocenters. The van der Waals surface area contributed by atoms with Crippen molar-refractivity contribution >= 4 is 17.4 Å². The van der Waals surface area contributed by atoms with Gasteiger partial charge in [-0.1, -0.05) is 36.4 Å². The Balaban J connectivity index is 1.70. The highest BCUT2D eigenvalue weighted by Gasteiger charge is 2.28. The highest BCUT2D eigenvalue weighted by molar-refractivity contribution is 6.07. The first kappa shape index (κ1) is 18.5. The number of nitrogens with one attached hydrogen (secondary N) is 2. The molecule has 6 nitrogen and oxygen atoms in total. The largest absolute Gasteiger partial charge is 0.505 e. The average molecular weight is 365 g/mol. The normalized spacial score (nSPS) is 13.2. The van der Waals surface area contributed by atoms with E-state index in [1.807, 2.05) is 18.2 Å². The van der Waals surface area contributed by atoms with Gasteiger partial charge in [0.05, 0.1) is 17.7 Å². The number of nitrogens with zero attached hydrogens (tertiary/aromatic N) is 1. The van der Waals surface area contributed by atoms with Gasteiger partial charge in [0, 0.05) is 26.3 Å². The van der Waals surface area contributed by atoms with Crippen molar-refractivity contribution in [3.63, 3.8) is 0 Å². The van der Waals surface area contributed by atoms with Gasteiger partial charge in [0.25, 0.3) is 5.91 Å². The lowest BCUT2D eigenvalue weighted by atomic mass is 9.98. The van der Waals surface area contributed by atoms with Crippen LogP contribution in [0.5, 0.6) is 5.75 Å². The predicted molar refractivity (Wildman–Crippen MR) is 105 cm³/mol. The molecule has 0 saturated carbocycles. The number of amides is 1.